The van der Waals surface area contributed by atoms with Crippen LogP contribution in [0.5, 0.6) is 5.75 Å². The van der Waals surface area contributed by atoms with Gasteiger partial charge in [0.2, 0.25) is 0 Å². The summed E-state index contributed by atoms with van der Waals surface area (Å²) in [6.07, 6.45) is 0. The summed E-state index contributed by atoms with van der Waals surface area (Å²) in [5.41, 5.74) is 1.95. The number of hydrogen-bond acceptors (Lipinski definition) is 4. The summed E-state index contributed by atoms with van der Waals surface area (Å²) in [5.74, 6) is 0.670. The van der Waals surface area contributed by atoms with Crippen LogP contribution in [0.15, 0.2) is 36.4 Å². The van der Waals surface area contributed by atoms with Gasteiger partial charge in [-0.05, 0) is 42.3 Å². The Morgan fingerprint density at radius 1 is 1.17 bits per heavy atom. The summed E-state index contributed by atoms with van der Waals surface area (Å²) < 4.78 is 19.1. The lowest BCUT2D eigenvalue weighted by atomic mass is 10.1. The standard InChI is InChI=1S/C18H23FN2O2/c1-12(2)18(11-22)20-10-17-15(19)8-9-16(21-17)13-4-6-14(23-3)7-5-13/h4-9,12,18,20,22H,10-11H2,1-3H3/t18-/m0/s1. The molecule has 0 aliphatic rings. The predicted octanol–water partition coefficient (Wildman–Crippen LogP) is 3.00. The minimum Gasteiger partial charge on any atom is -0.497 e. The Hall–Kier alpha value is -1.98. The van der Waals surface area contributed by atoms with E-state index < -0.39 is 0 Å². The third-order valence-corrected chi connectivity index (χ3v) is 3.84. The minimum absolute atomic E-state index is 0.0114. The summed E-state index contributed by atoms with van der Waals surface area (Å²) in [6.45, 7) is 4.30. The van der Waals surface area contributed by atoms with Crippen molar-refractivity contribution >= 4 is 0 Å². The van der Waals surface area contributed by atoms with Crippen molar-refractivity contribution in [1.82, 2.24) is 10.3 Å². The van der Waals surface area contributed by atoms with E-state index in [9.17, 15) is 9.50 Å². The molecule has 2 aromatic rings. The molecule has 0 spiro atoms. The zero-order valence-corrected chi connectivity index (χ0v) is 13.7. The molecule has 0 saturated carbocycles. The number of halogens is 1. The van der Waals surface area contributed by atoms with Gasteiger partial charge in [0.05, 0.1) is 25.1 Å². The molecule has 1 aromatic heterocycles. The van der Waals surface area contributed by atoms with Gasteiger partial charge < -0.3 is 15.2 Å². The second kappa shape index (κ2) is 8.04. The van der Waals surface area contributed by atoms with E-state index in [1.54, 1.807) is 13.2 Å². The Morgan fingerprint density at radius 3 is 2.43 bits per heavy atom. The highest BCUT2D eigenvalue weighted by atomic mass is 19.1. The second-order valence-electron chi connectivity index (χ2n) is 5.77. The van der Waals surface area contributed by atoms with Crippen LogP contribution < -0.4 is 10.1 Å². The van der Waals surface area contributed by atoms with Crippen LogP contribution in [-0.2, 0) is 6.54 Å². The summed E-state index contributed by atoms with van der Waals surface area (Å²) >= 11 is 0. The lowest BCUT2D eigenvalue weighted by Crippen LogP contribution is -2.36. The smallest absolute Gasteiger partial charge is 0.146 e. The molecule has 23 heavy (non-hydrogen) atoms. The van der Waals surface area contributed by atoms with Gasteiger partial charge in [0.25, 0.3) is 0 Å². The molecule has 1 atom stereocenters. The van der Waals surface area contributed by atoms with Crippen molar-refractivity contribution in [1.29, 1.82) is 0 Å². The predicted molar refractivity (Wildman–Crippen MR) is 88.7 cm³/mol. The van der Waals surface area contributed by atoms with Gasteiger partial charge in [0, 0.05) is 18.2 Å². The molecule has 0 radical (unpaired) electrons. The molecule has 0 aliphatic carbocycles. The second-order valence-corrected chi connectivity index (χ2v) is 5.77. The fraction of sp³-hybridized carbons (Fsp3) is 0.389. The summed E-state index contributed by atoms with van der Waals surface area (Å²) in [6, 6.07) is 10.5. The number of rotatable bonds is 7. The molecule has 2 rings (SSSR count). The molecule has 4 nitrogen and oxygen atoms in total. The van der Waals surface area contributed by atoms with E-state index in [0.29, 0.717) is 11.4 Å². The van der Waals surface area contributed by atoms with Gasteiger partial charge in [-0.3, -0.25) is 0 Å². The topological polar surface area (TPSA) is 54.4 Å². The van der Waals surface area contributed by atoms with Crippen molar-refractivity contribution in [2.75, 3.05) is 13.7 Å². The zero-order chi connectivity index (χ0) is 16.8. The molecule has 0 aliphatic heterocycles. The van der Waals surface area contributed by atoms with Crippen molar-refractivity contribution in [3.8, 4) is 17.0 Å². The average Bonchev–Trinajstić information content (AvgIpc) is 2.56. The number of aliphatic hydroxyl groups is 1. The summed E-state index contributed by atoms with van der Waals surface area (Å²) in [7, 11) is 1.61. The molecular weight excluding hydrogens is 295 g/mol. The Kier molecular flexibility index (Phi) is 6.07. The first-order valence-electron chi connectivity index (χ1n) is 7.69. The quantitative estimate of drug-likeness (QED) is 0.824. The van der Waals surface area contributed by atoms with Gasteiger partial charge >= 0.3 is 0 Å². The average molecular weight is 318 g/mol. The van der Waals surface area contributed by atoms with Gasteiger partial charge in [0.1, 0.15) is 11.6 Å². The number of benzene rings is 1. The number of aromatic nitrogens is 1. The summed E-state index contributed by atoms with van der Waals surface area (Å²) in [4.78, 5) is 4.40. The molecule has 0 amide bonds. The third-order valence-electron chi connectivity index (χ3n) is 3.84. The lowest BCUT2D eigenvalue weighted by molar-refractivity contribution is 0.209. The maximum atomic E-state index is 14.0. The van der Waals surface area contributed by atoms with Crippen molar-refractivity contribution in [3.63, 3.8) is 0 Å². The molecule has 5 heteroatoms. The van der Waals surface area contributed by atoms with Crippen LogP contribution in [0.1, 0.15) is 19.5 Å². The largest absolute Gasteiger partial charge is 0.497 e. The number of aliphatic hydroxyl groups excluding tert-OH is 1. The van der Waals surface area contributed by atoms with Crippen LogP contribution in [0.25, 0.3) is 11.3 Å². The normalized spacial score (nSPS) is 12.4. The SMILES string of the molecule is COc1ccc(-c2ccc(F)c(CN[C@@H](CO)C(C)C)n2)cc1. The van der Waals surface area contributed by atoms with Crippen molar-refractivity contribution < 1.29 is 14.2 Å². The first-order chi connectivity index (χ1) is 11.0. The molecule has 0 fully saturated rings. The van der Waals surface area contributed by atoms with Gasteiger partial charge in [0.15, 0.2) is 0 Å². The van der Waals surface area contributed by atoms with Crippen molar-refractivity contribution in [3.05, 3.63) is 47.9 Å². The maximum Gasteiger partial charge on any atom is 0.146 e. The number of nitrogens with one attached hydrogen (secondary N) is 1. The molecule has 124 valence electrons. The van der Waals surface area contributed by atoms with Crippen LogP contribution in [0.3, 0.4) is 0 Å². The third kappa shape index (κ3) is 4.50. The monoisotopic (exact) mass is 318 g/mol. The summed E-state index contributed by atoms with van der Waals surface area (Å²) in [5, 5.41) is 12.5. The molecule has 0 saturated heterocycles. The van der Waals surface area contributed by atoms with E-state index >= 15 is 0 Å². The molecule has 0 unspecified atom stereocenters. The fourth-order valence-corrected chi connectivity index (χ4v) is 2.27. The van der Waals surface area contributed by atoms with Crippen molar-refractivity contribution in [2.45, 2.75) is 26.4 Å². The number of ether oxygens (including phenoxy) is 1. The number of methoxy groups -OCH3 is 1. The van der Waals surface area contributed by atoms with Crippen molar-refractivity contribution in [2.24, 2.45) is 5.92 Å². The Labute approximate surface area is 136 Å². The highest BCUT2D eigenvalue weighted by Gasteiger charge is 2.13. The fourth-order valence-electron chi connectivity index (χ4n) is 2.27. The van der Waals surface area contributed by atoms with Gasteiger partial charge in [-0.25, -0.2) is 9.37 Å². The first kappa shape index (κ1) is 17.4. The van der Waals surface area contributed by atoms with Crippen LogP contribution in [0.2, 0.25) is 0 Å². The van der Waals surface area contributed by atoms with Crippen LogP contribution in [0, 0.1) is 11.7 Å². The molecule has 2 N–H and O–H groups in total. The molecule has 1 aromatic carbocycles. The minimum atomic E-state index is -0.352. The zero-order valence-electron chi connectivity index (χ0n) is 13.7. The number of hydrogen-bond donors (Lipinski definition) is 2. The van der Waals surface area contributed by atoms with Gasteiger partial charge in [-0.2, -0.15) is 0 Å². The lowest BCUT2D eigenvalue weighted by Gasteiger charge is -2.20. The highest BCUT2D eigenvalue weighted by Crippen LogP contribution is 2.22. The van der Waals surface area contributed by atoms with Crippen LogP contribution >= 0.6 is 0 Å². The molecule has 1 heterocycles. The van der Waals surface area contributed by atoms with E-state index in [1.807, 2.05) is 38.1 Å². The van der Waals surface area contributed by atoms with Gasteiger partial charge in [-0.1, -0.05) is 13.8 Å². The maximum absolute atomic E-state index is 14.0. The van der Waals surface area contributed by atoms with Gasteiger partial charge in [-0.15, -0.1) is 0 Å². The Bertz CT molecular complexity index is 629. The Balaban J connectivity index is 2.17. The molecule has 0 bridgehead atoms. The molecular formula is C18H23FN2O2. The van der Waals surface area contributed by atoms with E-state index in [0.717, 1.165) is 11.3 Å². The van der Waals surface area contributed by atoms with E-state index in [2.05, 4.69) is 10.3 Å². The number of nitrogens with zero attached hydrogens (tertiary/aromatic N) is 1. The van der Waals surface area contributed by atoms with E-state index in [-0.39, 0.29) is 30.9 Å². The number of pyridine rings is 1. The van der Waals surface area contributed by atoms with E-state index in [4.69, 9.17) is 4.74 Å². The van der Waals surface area contributed by atoms with E-state index in [1.165, 1.54) is 6.07 Å². The highest BCUT2D eigenvalue weighted by molar-refractivity contribution is 5.60. The van der Waals surface area contributed by atoms with Crippen LogP contribution in [-0.4, -0.2) is 29.8 Å². The first-order valence-corrected chi connectivity index (χ1v) is 7.69. The van der Waals surface area contributed by atoms with Crippen LogP contribution in [0.4, 0.5) is 4.39 Å². The Morgan fingerprint density at radius 2 is 1.87 bits per heavy atom.